The maximum atomic E-state index is 12.6. The average molecular weight is 401 g/mol. The third kappa shape index (κ3) is 10.1. The number of hydrogen-bond donors (Lipinski definition) is 6. The first-order valence-electron chi connectivity index (χ1n) is 9.40. The Kier molecular flexibility index (Phi) is 10.5. The molecule has 0 heterocycles. The molecular formula is C18H36N6O4. The molecule has 0 unspecified atom stereocenters. The SMILES string of the molecule is CC(C)C[C@H](NC(=O)[C@@H](N)C(C)(C)C)C(=O)N[C@@H](CCCN=C(N)N)C(=O)O. The summed E-state index contributed by atoms with van der Waals surface area (Å²) in [6, 6.07) is -2.78. The normalized spacial score (nSPS) is 14.7. The van der Waals surface area contributed by atoms with Crippen molar-refractivity contribution in [3.63, 3.8) is 0 Å². The van der Waals surface area contributed by atoms with E-state index in [9.17, 15) is 19.5 Å². The molecule has 10 heteroatoms. The maximum absolute atomic E-state index is 12.6. The smallest absolute Gasteiger partial charge is 0.326 e. The van der Waals surface area contributed by atoms with E-state index in [1.807, 2.05) is 34.6 Å². The fraction of sp³-hybridized carbons (Fsp3) is 0.778. The second-order valence-corrected chi connectivity index (χ2v) is 8.38. The quantitative estimate of drug-likeness (QED) is 0.153. The Morgan fingerprint density at radius 2 is 1.57 bits per heavy atom. The lowest BCUT2D eigenvalue weighted by molar-refractivity contribution is -0.142. The number of rotatable bonds is 11. The highest BCUT2D eigenvalue weighted by Crippen LogP contribution is 2.18. The zero-order chi connectivity index (χ0) is 22.1. The van der Waals surface area contributed by atoms with Crippen LogP contribution in [0.1, 0.15) is 53.9 Å². The first kappa shape index (κ1) is 25.6. The summed E-state index contributed by atoms with van der Waals surface area (Å²) in [5.74, 6) is -2.15. The number of aliphatic imine (C=N–C) groups is 1. The highest BCUT2D eigenvalue weighted by molar-refractivity contribution is 5.92. The molecule has 0 aliphatic carbocycles. The molecule has 0 radical (unpaired) electrons. The van der Waals surface area contributed by atoms with Gasteiger partial charge in [-0.05, 0) is 30.6 Å². The third-order valence-corrected chi connectivity index (χ3v) is 4.12. The van der Waals surface area contributed by atoms with Crippen molar-refractivity contribution in [3.05, 3.63) is 0 Å². The molecule has 0 aromatic rings. The Morgan fingerprint density at radius 3 is 2.00 bits per heavy atom. The fourth-order valence-corrected chi connectivity index (χ4v) is 2.39. The largest absolute Gasteiger partial charge is 0.480 e. The molecule has 0 aliphatic rings. The molecule has 9 N–H and O–H groups in total. The van der Waals surface area contributed by atoms with Crippen molar-refractivity contribution in [1.29, 1.82) is 0 Å². The van der Waals surface area contributed by atoms with Crippen LogP contribution in [-0.2, 0) is 14.4 Å². The molecule has 0 saturated carbocycles. The molecule has 0 saturated heterocycles. The van der Waals surface area contributed by atoms with Gasteiger partial charge in [-0.3, -0.25) is 14.6 Å². The van der Waals surface area contributed by atoms with Crippen LogP contribution in [0, 0.1) is 11.3 Å². The lowest BCUT2D eigenvalue weighted by atomic mass is 9.86. The monoisotopic (exact) mass is 400 g/mol. The Labute approximate surface area is 166 Å². The highest BCUT2D eigenvalue weighted by atomic mass is 16.4. The number of carboxylic acids is 1. The van der Waals surface area contributed by atoms with E-state index in [-0.39, 0.29) is 24.8 Å². The van der Waals surface area contributed by atoms with Crippen LogP contribution in [-0.4, -0.2) is 53.5 Å². The number of carbonyl (C=O) groups excluding carboxylic acids is 2. The van der Waals surface area contributed by atoms with Crippen LogP contribution in [0.15, 0.2) is 4.99 Å². The summed E-state index contributed by atoms with van der Waals surface area (Å²) in [6.07, 6.45) is 0.891. The van der Waals surface area contributed by atoms with Crippen molar-refractivity contribution in [2.24, 2.45) is 33.5 Å². The van der Waals surface area contributed by atoms with Crippen LogP contribution in [0.3, 0.4) is 0 Å². The predicted octanol–water partition coefficient (Wildman–Crippen LogP) is -0.486. The first-order chi connectivity index (χ1) is 12.8. The topological polar surface area (TPSA) is 186 Å². The van der Waals surface area contributed by atoms with Crippen LogP contribution in [0.4, 0.5) is 0 Å². The van der Waals surface area contributed by atoms with Crippen molar-refractivity contribution in [1.82, 2.24) is 10.6 Å². The molecule has 0 aromatic carbocycles. The summed E-state index contributed by atoms with van der Waals surface area (Å²) >= 11 is 0. The summed E-state index contributed by atoms with van der Waals surface area (Å²) in [7, 11) is 0. The number of aliphatic carboxylic acids is 1. The van der Waals surface area contributed by atoms with E-state index >= 15 is 0 Å². The van der Waals surface area contributed by atoms with E-state index in [0.29, 0.717) is 12.8 Å². The van der Waals surface area contributed by atoms with Gasteiger partial charge in [-0.25, -0.2) is 4.79 Å². The van der Waals surface area contributed by atoms with Crippen LogP contribution >= 0.6 is 0 Å². The number of amides is 2. The van der Waals surface area contributed by atoms with Crippen molar-refractivity contribution in [2.75, 3.05) is 6.54 Å². The molecule has 0 aromatic heterocycles. The molecule has 162 valence electrons. The van der Waals surface area contributed by atoms with Crippen molar-refractivity contribution < 1.29 is 19.5 Å². The van der Waals surface area contributed by atoms with E-state index in [0.717, 1.165) is 0 Å². The van der Waals surface area contributed by atoms with Gasteiger partial charge in [-0.15, -0.1) is 0 Å². The van der Waals surface area contributed by atoms with Crippen LogP contribution in [0.2, 0.25) is 0 Å². The van der Waals surface area contributed by atoms with E-state index in [1.54, 1.807) is 0 Å². The predicted molar refractivity (Wildman–Crippen MR) is 108 cm³/mol. The lowest BCUT2D eigenvalue weighted by Gasteiger charge is -2.29. The van der Waals surface area contributed by atoms with Crippen LogP contribution < -0.4 is 27.8 Å². The molecule has 2 amide bonds. The van der Waals surface area contributed by atoms with Gasteiger partial charge in [-0.2, -0.15) is 0 Å². The minimum atomic E-state index is -1.17. The zero-order valence-corrected chi connectivity index (χ0v) is 17.5. The summed E-state index contributed by atoms with van der Waals surface area (Å²) < 4.78 is 0. The van der Waals surface area contributed by atoms with Gasteiger partial charge >= 0.3 is 5.97 Å². The lowest BCUT2D eigenvalue weighted by Crippen LogP contribution is -2.57. The Balaban J connectivity index is 5.08. The second kappa shape index (κ2) is 11.5. The second-order valence-electron chi connectivity index (χ2n) is 8.38. The molecule has 3 atom stereocenters. The van der Waals surface area contributed by atoms with E-state index in [4.69, 9.17) is 17.2 Å². The van der Waals surface area contributed by atoms with Gasteiger partial charge in [0.1, 0.15) is 12.1 Å². The van der Waals surface area contributed by atoms with E-state index in [1.165, 1.54) is 0 Å². The molecule has 0 spiro atoms. The van der Waals surface area contributed by atoms with Gasteiger partial charge in [0, 0.05) is 6.54 Å². The number of nitrogens with zero attached hydrogens (tertiary/aromatic N) is 1. The number of hydrogen-bond acceptors (Lipinski definition) is 5. The minimum Gasteiger partial charge on any atom is -0.480 e. The van der Waals surface area contributed by atoms with E-state index < -0.39 is 41.3 Å². The van der Waals surface area contributed by atoms with Crippen molar-refractivity contribution in [2.45, 2.75) is 72.0 Å². The van der Waals surface area contributed by atoms with Crippen LogP contribution in [0.5, 0.6) is 0 Å². The molecule has 0 fully saturated rings. The van der Waals surface area contributed by atoms with Crippen molar-refractivity contribution in [3.8, 4) is 0 Å². The standard InChI is InChI=1S/C18H36N6O4/c1-10(2)9-12(24-15(26)13(19)18(3,4)5)14(25)23-11(16(27)28)7-6-8-22-17(20)21/h10-13H,6-9,19H2,1-5H3,(H,23,25)(H,24,26)(H,27,28)(H4,20,21,22)/t11-,12-,13+/m0/s1. The molecule has 0 rings (SSSR count). The summed E-state index contributed by atoms with van der Waals surface area (Å²) in [6.45, 7) is 9.54. The van der Waals surface area contributed by atoms with E-state index in [2.05, 4.69) is 15.6 Å². The Bertz CT molecular complexity index is 567. The highest BCUT2D eigenvalue weighted by Gasteiger charge is 2.32. The molecule has 10 nitrogen and oxygen atoms in total. The molecular weight excluding hydrogens is 364 g/mol. The first-order valence-corrected chi connectivity index (χ1v) is 9.40. The fourth-order valence-electron chi connectivity index (χ4n) is 2.39. The summed E-state index contributed by atoms with van der Waals surface area (Å²) in [5.41, 5.74) is 15.9. The summed E-state index contributed by atoms with van der Waals surface area (Å²) in [4.78, 5) is 40.3. The van der Waals surface area contributed by atoms with Gasteiger partial charge in [0.15, 0.2) is 5.96 Å². The molecule has 28 heavy (non-hydrogen) atoms. The molecule has 0 bridgehead atoms. The van der Waals surface area contributed by atoms with Gasteiger partial charge < -0.3 is 32.9 Å². The number of carbonyl (C=O) groups is 3. The zero-order valence-electron chi connectivity index (χ0n) is 17.5. The number of nitrogens with two attached hydrogens (primary N) is 3. The maximum Gasteiger partial charge on any atom is 0.326 e. The Hall–Kier alpha value is -2.36. The van der Waals surface area contributed by atoms with Crippen molar-refractivity contribution >= 4 is 23.7 Å². The molecule has 0 aliphatic heterocycles. The minimum absolute atomic E-state index is 0.0780. The number of guanidine groups is 1. The average Bonchev–Trinajstić information content (AvgIpc) is 2.54. The van der Waals surface area contributed by atoms with Gasteiger partial charge in [-0.1, -0.05) is 34.6 Å². The number of nitrogens with one attached hydrogen (secondary N) is 2. The van der Waals surface area contributed by atoms with Crippen LogP contribution in [0.25, 0.3) is 0 Å². The Morgan fingerprint density at radius 1 is 1.04 bits per heavy atom. The van der Waals surface area contributed by atoms with Gasteiger partial charge in [0.25, 0.3) is 0 Å². The number of carboxylic acid groups (broad SMARTS) is 1. The summed E-state index contributed by atoms with van der Waals surface area (Å²) in [5, 5.41) is 14.5. The van der Waals surface area contributed by atoms with Gasteiger partial charge in [0.05, 0.1) is 6.04 Å². The van der Waals surface area contributed by atoms with Gasteiger partial charge in [0.2, 0.25) is 11.8 Å². The third-order valence-electron chi connectivity index (χ3n) is 4.12.